The predicted octanol–water partition coefficient (Wildman–Crippen LogP) is 6.42. The molecule has 34 heavy (non-hydrogen) atoms. The minimum Gasteiger partial charge on any atom is -0.505 e. The van der Waals surface area contributed by atoms with E-state index in [0.29, 0.717) is 12.1 Å². The van der Waals surface area contributed by atoms with E-state index in [1.165, 1.54) is 0 Å². The van der Waals surface area contributed by atoms with Crippen LogP contribution in [0.2, 0.25) is 0 Å². The number of aromatic nitrogens is 2. The molecule has 0 radical (unpaired) electrons. The van der Waals surface area contributed by atoms with Crippen LogP contribution in [0.4, 0.5) is 5.82 Å². The molecule has 5 rings (SSSR count). The Balaban J connectivity index is 1.53. The van der Waals surface area contributed by atoms with E-state index >= 15 is 0 Å². The van der Waals surface area contributed by atoms with Crippen LogP contribution in [-0.2, 0) is 6.61 Å². The van der Waals surface area contributed by atoms with Crippen molar-refractivity contribution < 1.29 is 9.84 Å². The zero-order chi connectivity index (χ0) is 23.3. The normalized spacial score (nSPS) is 11.8. The van der Waals surface area contributed by atoms with Crippen molar-refractivity contribution in [1.29, 1.82) is 0 Å². The van der Waals surface area contributed by atoms with Gasteiger partial charge in [-0.1, -0.05) is 60.7 Å². The van der Waals surface area contributed by atoms with Crippen LogP contribution < -0.4 is 10.1 Å². The Morgan fingerprint density at radius 3 is 2.59 bits per heavy atom. The number of aryl methyl sites for hydroxylation is 1. The summed E-state index contributed by atoms with van der Waals surface area (Å²) in [5.74, 6) is 1.63. The lowest BCUT2D eigenvalue weighted by molar-refractivity contribution is 0.306. The number of anilines is 1. The molecule has 0 saturated carbocycles. The Labute approximate surface area is 198 Å². The maximum absolute atomic E-state index is 11.2. The van der Waals surface area contributed by atoms with E-state index in [-0.39, 0.29) is 11.8 Å². The summed E-state index contributed by atoms with van der Waals surface area (Å²) in [7, 11) is 0. The molecule has 3 aromatic carbocycles. The van der Waals surface area contributed by atoms with Crippen molar-refractivity contribution in [2.45, 2.75) is 19.6 Å². The van der Waals surface area contributed by atoms with Gasteiger partial charge in [-0.15, -0.1) is 0 Å². The van der Waals surface area contributed by atoms with Crippen molar-refractivity contribution in [1.82, 2.24) is 9.97 Å². The first-order valence-corrected chi connectivity index (χ1v) is 11.2. The molecule has 0 bridgehead atoms. The first-order chi connectivity index (χ1) is 16.7. The zero-order valence-corrected chi connectivity index (χ0v) is 18.8. The van der Waals surface area contributed by atoms with Gasteiger partial charge in [-0.05, 0) is 53.9 Å². The number of hydrogen-bond donors (Lipinski definition) is 2. The highest BCUT2D eigenvalue weighted by Gasteiger charge is 2.21. The molecule has 5 heteroatoms. The van der Waals surface area contributed by atoms with Gasteiger partial charge in [0.2, 0.25) is 0 Å². The Hall–Kier alpha value is -4.38. The second kappa shape index (κ2) is 9.63. The zero-order valence-electron chi connectivity index (χ0n) is 18.8. The fourth-order valence-corrected chi connectivity index (χ4v) is 4.01. The second-order valence-corrected chi connectivity index (χ2v) is 8.22. The van der Waals surface area contributed by atoms with E-state index in [9.17, 15) is 5.11 Å². The molecule has 2 N–H and O–H groups in total. The highest BCUT2D eigenvalue weighted by Crippen LogP contribution is 2.37. The molecule has 0 amide bonds. The summed E-state index contributed by atoms with van der Waals surface area (Å²) in [6.45, 7) is 2.50. The van der Waals surface area contributed by atoms with Crippen LogP contribution in [0.15, 0.2) is 103 Å². The maximum Gasteiger partial charge on any atom is 0.147 e. The number of pyridine rings is 2. The third-order valence-electron chi connectivity index (χ3n) is 5.74. The number of aromatic hydroxyl groups is 1. The van der Waals surface area contributed by atoms with Crippen molar-refractivity contribution in [3.63, 3.8) is 0 Å². The average Bonchev–Trinajstić information content (AvgIpc) is 2.88. The molecule has 0 spiro atoms. The van der Waals surface area contributed by atoms with Gasteiger partial charge in [0.05, 0.1) is 6.04 Å². The fourth-order valence-electron chi connectivity index (χ4n) is 4.01. The SMILES string of the molecule is Cc1ccnc(N[C@H](c2cccc(OCc3ccccc3)c2)c2ccc3cccnc3c2O)c1. The number of hydrogen-bond acceptors (Lipinski definition) is 5. The summed E-state index contributed by atoms with van der Waals surface area (Å²) in [5, 5.41) is 15.6. The molecule has 0 fully saturated rings. The minimum absolute atomic E-state index is 0.152. The van der Waals surface area contributed by atoms with Gasteiger partial charge in [0, 0.05) is 23.3 Å². The van der Waals surface area contributed by atoms with Crippen LogP contribution >= 0.6 is 0 Å². The standard InChI is InChI=1S/C29H25N3O2/c1-20-14-16-30-26(17-20)32-27(25-13-12-22-10-6-15-31-28(22)29(25)33)23-9-5-11-24(18-23)34-19-21-7-3-2-4-8-21/h2-18,27,33H,19H2,1H3,(H,30,32)/t27-/m1/s1. The number of nitrogens with zero attached hydrogens (tertiary/aromatic N) is 2. The molecule has 2 aromatic heterocycles. The van der Waals surface area contributed by atoms with E-state index in [1.54, 1.807) is 12.4 Å². The van der Waals surface area contributed by atoms with Gasteiger partial charge in [0.25, 0.3) is 0 Å². The van der Waals surface area contributed by atoms with Gasteiger partial charge in [-0.3, -0.25) is 4.98 Å². The highest BCUT2D eigenvalue weighted by atomic mass is 16.5. The Kier molecular flexibility index (Phi) is 6.08. The molecule has 0 aliphatic rings. The number of nitrogens with one attached hydrogen (secondary N) is 1. The lowest BCUT2D eigenvalue weighted by Crippen LogP contribution is -2.14. The third-order valence-corrected chi connectivity index (χ3v) is 5.74. The monoisotopic (exact) mass is 447 g/mol. The van der Waals surface area contributed by atoms with Crippen LogP contribution in [0.1, 0.15) is 28.3 Å². The molecule has 0 saturated heterocycles. The van der Waals surface area contributed by atoms with Gasteiger partial charge in [0.15, 0.2) is 0 Å². The van der Waals surface area contributed by atoms with Crippen molar-refractivity contribution in [3.05, 3.63) is 126 Å². The summed E-state index contributed by atoms with van der Waals surface area (Å²) >= 11 is 0. The van der Waals surface area contributed by atoms with E-state index in [2.05, 4.69) is 15.3 Å². The smallest absolute Gasteiger partial charge is 0.147 e. The summed E-state index contributed by atoms with van der Waals surface area (Å²) in [6, 6.07) is 29.3. The molecule has 0 aliphatic carbocycles. The van der Waals surface area contributed by atoms with Crippen LogP contribution in [0.25, 0.3) is 10.9 Å². The first-order valence-electron chi connectivity index (χ1n) is 11.2. The highest BCUT2D eigenvalue weighted by molar-refractivity contribution is 5.86. The molecular formula is C29H25N3O2. The molecule has 0 aliphatic heterocycles. The summed E-state index contributed by atoms with van der Waals surface area (Å²) in [4.78, 5) is 8.88. The second-order valence-electron chi connectivity index (χ2n) is 8.22. The predicted molar refractivity (Wildman–Crippen MR) is 135 cm³/mol. The Morgan fingerprint density at radius 1 is 0.853 bits per heavy atom. The number of phenols is 1. The quantitative estimate of drug-likeness (QED) is 0.301. The van der Waals surface area contributed by atoms with Gasteiger partial charge in [-0.2, -0.15) is 0 Å². The molecular weight excluding hydrogens is 422 g/mol. The Bertz CT molecular complexity index is 1420. The summed E-state index contributed by atoms with van der Waals surface area (Å²) < 4.78 is 6.07. The van der Waals surface area contributed by atoms with Gasteiger partial charge < -0.3 is 15.2 Å². The van der Waals surface area contributed by atoms with Crippen LogP contribution in [0.5, 0.6) is 11.5 Å². The topological polar surface area (TPSA) is 67.3 Å². The van der Waals surface area contributed by atoms with Gasteiger partial charge in [0.1, 0.15) is 29.4 Å². The molecule has 2 heterocycles. The molecule has 5 nitrogen and oxygen atoms in total. The fraction of sp³-hybridized carbons (Fsp3) is 0.103. The number of phenolic OH excluding ortho intramolecular Hbond substituents is 1. The number of fused-ring (bicyclic) bond motifs is 1. The van der Waals surface area contributed by atoms with E-state index in [0.717, 1.165) is 39.2 Å². The largest absolute Gasteiger partial charge is 0.505 e. The average molecular weight is 448 g/mol. The number of ether oxygens (including phenoxy) is 1. The van der Waals surface area contributed by atoms with Crippen LogP contribution in [-0.4, -0.2) is 15.1 Å². The molecule has 0 unspecified atom stereocenters. The third kappa shape index (κ3) is 4.69. The van der Waals surface area contributed by atoms with Gasteiger partial charge >= 0.3 is 0 Å². The van der Waals surface area contributed by atoms with Gasteiger partial charge in [-0.25, -0.2) is 4.98 Å². The lowest BCUT2D eigenvalue weighted by atomic mass is 9.96. The number of rotatable bonds is 7. The maximum atomic E-state index is 11.2. The van der Waals surface area contributed by atoms with Crippen molar-refractivity contribution >= 4 is 16.7 Å². The van der Waals surface area contributed by atoms with Crippen molar-refractivity contribution in [2.24, 2.45) is 0 Å². The van der Waals surface area contributed by atoms with E-state index in [1.807, 2.05) is 97.9 Å². The van der Waals surface area contributed by atoms with Crippen LogP contribution in [0, 0.1) is 6.92 Å². The Morgan fingerprint density at radius 2 is 1.74 bits per heavy atom. The number of benzene rings is 3. The molecule has 1 atom stereocenters. The lowest BCUT2D eigenvalue weighted by Gasteiger charge is -2.23. The van der Waals surface area contributed by atoms with E-state index in [4.69, 9.17) is 4.74 Å². The van der Waals surface area contributed by atoms with Crippen LogP contribution in [0.3, 0.4) is 0 Å². The van der Waals surface area contributed by atoms with Crippen molar-refractivity contribution in [2.75, 3.05) is 5.32 Å². The van der Waals surface area contributed by atoms with E-state index < -0.39 is 0 Å². The summed E-state index contributed by atoms with van der Waals surface area (Å²) in [5.41, 5.74) is 4.43. The molecule has 168 valence electrons. The van der Waals surface area contributed by atoms with Crippen molar-refractivity contribution in [3.8, 4) is 11.5 Å². The molecule has 5 aromatic rings. The minimum atomic E-state index is -0.360. The first kappa shape index (κ1) is 21.5. The summed E-state index contributed by atoms with van der Waals surface area (Å²) in [6.07, 6.45) is 3.46.